The molecule has 3 unspecified atom stereocenters. The molecule has 1 aromatic carbocycles. The van der Waals surface area contributed by atoms with E-state index in [0.717, 1.165) is 12.5 Å². The van der Waals surface area contributed by atoms with E-state index in [9.17, 15) is 0 Å². The van der Waals surface area contributed by atoms with E-state index in [1.807, 2.05) is 0 Å². The van der Waals surface area contributed by atoms with Crippen LogP contribution in [0.15, 0.2) is 30.3 Å². The van der Waals surface area contributed by atoms with Gasteiger partial charge in [-0.15, -0.1) is 0 Å². The number of halogens is 1. The quantitative estimate of drug-likeness (QED) is 0.661. The molecule has 3 nitrogen and oxygen atoms in total. The molecule has 0 radical (unpaired) electrons. The topological polar surface area (TPSA) is 27.3 Å². The fraction of sp³-hybridized carbons (Fsp3) is 0.600. The molecule has 2 aliphatic rings. The first-order valence-electron chi connectivity index (χ1n) is 7.22. The van der Waals surface area contributed by atoms with Crippen molar-refractivity contribution in [2.45, 2.75) is 36.8 Å². The van der Waals surface area contributed by atoms with Gasteiger partial charge in [0.15, 0.2) is 0 Å². The van der Waals surface area contributed by atoms with Crippen molar-refractivity contribution in [3.8, 4) is 0 Å². The van der Waals surface area contributed by atoms with Gasteiger partial charge in [0.25, 0.3) is 0 Å². The Morgan fingerprint density at radius 2 is 2.05 bits per heavy atom. The Kier molecular flexibility index (Phi) is 4.53. The lowest BCUT2D eigenvalue weighted by Gasteiger charge is -2.35. The molecule has 3 atom stereocenters. The summed E-state index contributed by atoms with van der Waals surface area (Å²) in [6, 6.07) is 11.4. The van der Waals surface area contributed by atoms with Gasteiger partial charge in [-0.3, -0.25) is 10.3 Å². The van der Waals surface area contributed by atoms with Crippen LogP contribution < -0.4 is 10.9 Å². The number of piperidine rings is 1. The number of hydrogen-bond acceptors (Lipinski definition) is 3. The highest BCUT2D eigenvalue weighted by atomic mass is 79.9. The molecule has 0 amide bonds. The van der Waals surface area contributed by atoms with Crippen LogP contribution in [0.25, 0.3) is 0 Å². The third-order valence-corrected chi connectivity index (χ3v) is 4.85. The second-order valence-electron chi connectivity index (χ2n) is 5.72. The monoisotopic (exact) mass is 323 g/mol. The molecule has 2 fully saturated rings. The Labute approximate surface area is 123 Å². The Morgan fingerprint density at radius 3 is 2.79 bits per heavy atom. The zero-order valence-electron chi connectivity index (χ0n) is 11.2. The van der Waals surface area contributed by atoms with Crippen LogP contribution in [0, 0.1) is 5.92 Å². The third-order valence-electron chi connectivity index (χ3n) is 4.25. The summed E-state index contributed by atoms with van der Waals surface area (Å²) >= 11 is 3.63. The fourth-order valence-electron chi connectivity index (χ4n) is 3.25. The maximum Gasteiger partial charge on any atom is 0.0778 e. The molecule has 2 heterocycles. The van der Waals surface area contributed by atoms with Crippen molar-refractivity contribution in [1.82, 2.24) is 15.8 Å². The molecule has 2 N–H and O–H groups in total. The number of hydrazine groups is 1. The molecule has 0 saturated carbocycles. The minimum absolute atomic E-state index is 0.432. The number of nitrogens with one attached hydrogen (secondary N) is 2. The van der Waals surface area contributed by atoms with E-state index in [1.165, 1.54) is 37.9 Å². The molecule has 0 aliphatic carbocycles. The minimum Gasteiger partial charge on any atom is -0.299 e. The highest BCUT2D eigenvalue weighted by Gasteiger charge is 2.31. The molecule has 104 valence electrons. The highest BCUT2D eigenvalue weighted by Crippen LogP contribution is 2.26. The smallest absolute Gasteiger partial charge is 0.0778 e. The van der Waals surface area contributed by atoms with Crippen molar-refractivity contribution in [2.24, 2.45) is 5.92 Å². The van der Waals surface area contributed by atoms with Crippen molar-refractivity contribution in [3.63, 3.8) is 0 Å². The van der Waals surface area contributed by atoms with Gasteiger partial charge in [-0.25, -0.2) is 5.43 Å². The largest absolute Gasteiger partial charge is 0.299 e. The van der Waals surface area contributed by atoms with E-state index in [2.05, 4.69) is 62.0 Å². The van der Waals surface area contributed by atoms with Crippen molar-refractivity contribution in [2.75, 3.05) is 13.1 Å². The Balaban J connectivity index is 1.56. The Hall–Kier alpha value is -0.420. The average Bonchev–Trinajstić information content (AvgIpc) is 2.87. The molecule has 4 heteroatoms. The van der Waals surface area contributed by atoms with Gasteiger partial charge in [0, 0.05) is 19.1 Å². The van der Waals surface area contributed by atoms with Gasteiger partial charge in [-0.2, -0.15) is 0 Å². The van der Waals surface area contributed by atoms with E-state index in [0.29, 0.717) is 11.0 Å². The first-order valence-corrected chi connectivity index (χ1v) is 8.14. The van der Waals surface area contributed by atoms with Gasteiger partial charge in [-0.1, -0.05) is 46.3 Å². The van der Waals surface area contributed by atoms with Crippen LogP contribution in [0.5, 0.6) is 0 Å². The fourth-order valence-corrected chi connectivity index (χ4v) is 3.79. The summed E-state index contributed by atoms with van der Waals surface area (Å²) in [4.78, 5) is 3.04. The van der Waals surface area contributed by atoms with Gasteiger partial charge >= 0.3 is 0 Å². The zero-order chi connectivity index (χ0) is 13.1. The van der Waals surface area contributed by atoms with Gasteiger partial charge in [0.1, 0.15) is 0 Å². The van der Waals surface area contributed by atoms with Crippen LogP contribution in [0.3, 0.4) is 0 Å². The van der Waals surface area contributed by atoms with Crippen LogP contribution in [-0.2, 0) is 6.54 Å². The zero-order valence-corrected chi connectivity index (χ0v) is 12.8. The lowest BCUT2D eigenvalue weighted by Crippen LogP contribution is -2.44. The molecular weight excluding hydrogens is 302 g/mol. The molecule has 0 bridgehead atoms. The molecule has 3 rings (SSSR count). The minimum atomic E-state index is 0.432. The Bertz CT molecular complexity index is 398. The number of benzene rings is 1. The van der Waals surface area contributed by atoms with Crippen molar-refractivity contribution >= 4 is 15.9 Å². The molecule has 1 aromatic rings. The number of likely N-dealkylation sites (tertiary alicyclic amines) is 1. The highest BCUT2D eigenvalue weighted by molar-refractivity contribution is 9.09. The average molecular weight is 324 g/mol. The summed E-state index contributed by atoms with van der Waals surface area (Å²) in [6.45, 7) is 3.55. The van der Waals surface area contributed by atoms with E-state index in [1.54, 1.807) is 0 Å². The van der Waals surface area contributed by atoms with Crippen LogP contribution in [-0.4, -0.2) is 29.0 Å². The third kappa shape index (κ3) is 3.57. The first kappa shape index (κ1) is 13.6. The van der Waals surface area contributed by atoms with Gasteiger partial charge in [0.05, 0.1) is 4.95 Å². The van der Waals surface area contributed by atoms with Crippen molar-refractivity contribution < 1.29 is 0 Å². The molecular formula is C15H22BrN3. The lowest BCUT2D eigenvalue weighted by atomic mass is 9.89. The first-order chi connectivity index (χ1) is 9.31. The van der Waals surface area contributed by atoms with Crippen molar-refractivity contribution in [1.29, 1.82) is 0 Å². The van der Waals surface area contributed by atoms with E-state index < -0.39 is 0 Å². The SMILES string of the molecule is BrC1CC(C2CCCN(Cc3ccccc3)C2)NN1. The van der Waals surface area contributed by atoms with Crippen molar-refractivity contribution in [3.05, 3.63) is 35.9 Å². The predicted octanol–water partition coefficient (Wildman–Crippen LogP) is 2.49. The normalized spacial score (nSPS) is 32.6. The van der Waals surface area contributed by atoms with Crippen LogP contribution in [0.2, 0.25) is 0 Å². The van der Waals surface area contributed by atoms with Gasteiger partial charge in [0.2, 0.25) is 0 Å². The van der Waals surface area contributed by atoms with E-state index in [4.69, 9.17) is 0 Å². The summed E-state index contributed by atoms with van der Waals surface area (Å²) in [5.41, 5.74) is 8.15. The summed E-state index contributed by atoms with van der Waals surface area (Å²) in [6.07, 6.45) is 3.86. The summed E-state index contributed by atoms with van der Waals surface area (Å²) in [5, 5.41) is 0. The van der Waals surface area contributed by atoms with Crippen LogP contribution in [0.4, 0.5) is 0 Å². The number of hydrogen-bond donors (Lipinski definition) is 2. The second-order valence-corrected chi connectivity index (χ2v) is 6.83. The van der Waals surface area contributed by atoms with E-state index in [-0.39, 0.29) is 0 Å². The maximum absolute atomic E-state index is 3.63. The maximum atomic E-state index is 3.63. The molecule has 19 heavy (non-hydrogen) atoms. The summed E-state index contributed by atoms with van der Waals surface area (Å²) < 4.78 is 0. The summed E-state index contributed by atoms with van der Waals surface area (Å²) in [5.74, 6) is 0.771. The second kappa shape index (κ2) is 6.35. The van der Waals surface area contributed by atoms with Gasteiger partial charge in [-0.05, 0) is 37.3 Å². The molecule has 0 aromatic heterocycles. The Morgan fingerprint density at radius 1 is 1.21 bits per heavy atom. The number of alkyl halides is 1. The van der Waals surface area contributed by atoms with Crippen LogP contribution >= 0.6 is 15.9 Å². The van der Waals surface area contributed by atoms with Gasteiger partial charge < -0.3 is 0 Å². The number of nitrogens with zero attached hydrogens (tertiary/aromatic N) is 1. The van der Waals surface area contributed by atoms with E-state index >= 15 is 0 Å². The molecule has 0 spiro atoms. The lowest BCUT2D eigenvalue weighted by molar-refractivity contribution is 0.144. The number of rotatable bonds is 3. The predicted molar refractivity (Wildman–Crippen MR) is 81.8 cm³/mol. The standard InChI is InChI=1S/C15H22BrN3/c16-15-9-14(17-18-15)13-7-4-8-19(11-13)10-12-5-2-1-3-6-12/h1-3,5-6,13-15,17-18H,4,7-11H2. The van der Waals surface area contributed by atoms with Crippen LogP contribution in [0.1, 0.15) is 24.8 Å². The summed E-state index contributed by atoms with van der Waals surface area (Å²) in [7, 11) is 0. The molecule has 2 aliphatic heterocycles. The molecule has 2 saturated heterocycles.